The second-order valence-electron chi connectivity index (χ2n) is 5.14. The van der Waals surface area contributed by atoms with Gasteiger partial charge in [0.25, 0.3) is 0 Å². The molecule has 3 heteroatoms. The fourth-order valence-electron chi connectivity index (χ4n) is 2.27. The number of rotatable bonds is 5. The van der Waals surface area contributed by atoms with Gasteiger partial charge in [-0.3, -0.25) is 0 Å². The lowest BCUT2D eigenvalue weighted by molar-refractivity contribution is 0.0400. The van der Waals surface area contributed by atoms with Crippen molar-refractivity contribution < 1.29 is 4.74 Å². The minimum Gasteiger partial charge on any atom is -0.372 e. The van der Waals surface area contributed by atoms with Gasteiger partial charge in [-0.1, -0.05) is 31.2 Å². The first kappa shape index (κ1) is 13.9. The highest BCUT2D eigenvalue weighted by atomic mass is 35.5. The number of halogens is 1. The van der Waals surface area contributed by atoms with E-state index in [0.717, 1.165) is 19.6 Å². The zero-order valence-electron chi connectivity index (χ0n) is 11.2. The molecule has 0 bridgehead atoms. The van der Waals surface area contributed by atoms with E-state index in [-0.39, 0.29) is 6.10 Å². The number of ether oxygens (including phenoxy) is 1. The lowest BCUT2D eigenvalue weighted by Gasteiger charge is -2.28. The van der Waals surface area contributed by atoms with E-state index in [2.05, 4.69) is 43.4 Å². The van der Waals surface area contributed by atoms with Crippen LogP contribution in [0.4, 0.5) is 0 Å². The van der Waals surface area contributed by atoms with Crippen LogP contribution in [0.3, 0.4) is 0 Å². The first-order valence-electron chi connectivity index (χ1n) is 6.71. The third kappa shape index (κ3) is 3.25. The van der Waals surface area contributed by atoms with Gasteiger partial charge in [-0.05, 0) is 30.4 Å². The van der Waals surface area contributed by atoms with Crippen LogP contribution < -0.4 is 5.32 Å². The molecule has 2 rings (SSSR count). The van der Waals surface area contributed by atoms with Crippen molar-refractivity contribution in [2.24, 2.45) is 5.92 Å². The fraction of sp³-hybridized carbons (Fsp3) is 0.600. The van der Waals surface area contributed by atoms with Gasteiger partial charge in [-0.25, -0.2) is 0 Å². The van der Waals surface area contributed by atoms with E-state index in [0.29, 0.717) is 17.8 Å². The number of nitrogens with one attached hydrogen (secondary N) is 1. The molecule has 100 valence electrons. The zero-order chi connectivity index (χ0) is 13.0. The quantitative estimate of drug-likeness (QED) is 0.828. The Morgan fingerprint density at radius 3 is 2.94 bits per heavy atom. The van der Waals surface area contributed by atoms with E-state index in [9.17, 15) is 0 Å². The fourth-order valence-corrected chi connectivity index (χ4v) is 2.54. The first-order chi connectivity index (χ1) is 8.72. The van der Waals surface area contributed by atoms with Gasteiger partial charge in [-0.2, -0.15) is 0 Å². The van der Waals surface area contributed by atoms with Crippen molar-refractivity contribution >= 4 is 11.6 Å². The van der Waals surface area contributed by atoms with Gasteiger partial charge in [-0.15, -0.1) is 11.6 Å². The summed E-state index contributed by atoms with van der Waals surface area (Å²) < 4.78 is 5.87. The van der Waals surface area contributed by atoms with Crippen LogP contribution in [0.15, 0.2) is 24.3 Å². The molecule has 0 aliphatic carbocycles. The maximum atomic E-state index is 5.88. The number of hydrogen-bond donors (Lipinski definition) is 1. The summed E-state index contributed by atoms with van der Waals surface area (Å²) in [5.41, 5.74) is 2.76. The first-order valence-corrected chi connectivity index (χ1v) is 7.24. The van der Waals surface area contributed by atoms with Gasteiger partial charge in [0.1, 0.15) is 0 Å². The van der Waals surface area contributed by atoms with Gasteiger partial charge in [0.15, 0.2) is 0 Å². The molecule has 0 fully saturated rings. The topological polar surface area (TPSA) is 21.3 Å². The molecule has 0 saturated heterocycles. The van der Waals surface area contributed by atoms with Crippen LogP contribution in [0.25, 0.3) is 0 Å². The van der Waals surface area contributed by atoms with Gasteiger partial charge in [0, 0.05) is 18.5 Å². The van der Waals surface area contributed by atoms with E-state index in [1.165, 1.54) is 11.1 Å². The average molecular weight is 268 g/mol. The minimum absolute atomic E-state index is 0.180. The van der Waals surface area contributed by atoms with Crippen LogP contribution in [0.1, 0.15) is 31.1 Å². The second-order valence-corrected chi connectivity index (χ2v) is 5.45. The lowest BCUT2D eigenvalue weighted by Crippen LogP contribution is -2.37. The van der Waals surface area contributed by atoms with Gasteiger partial charge in [0.05, 0.1) is 12.7 Å². The van der Waals surface area contributed by atoms with E-state index >= 15 is 0 Å². The number of alkyl halides is 1. The Bertz CT molecular complexity index is 383. The zero-order valence-corrected chi connectivity index (χ0v) is 11.9. The van der Waals surface area contributed by atoms with E-state index < -0.39 is 0 Å². The van der Waals surface area contributed by atoms with E-state index in [4.69, 9.17) is 16.3 Å². The van der Waals surface area contributed by atoms with Crippen LogP contribution in [0.2, 0.25) is 0 Å². The normalized spacial score (nSPS) is 22.3. The maximum Gasteiger partial charge on any atom is 0.0952 e. The molecule has 1 heterocycles. The highest BCUT2D eigenvalue weighted by Gasteiger charge is 2.21. The minimum atomic E-state index is 0.180. The molecule has 0 aromatic heterocycles. The summed E-state index contributed by atoms with van der Waals surface area (Å²) >= 11 is 5.88. The van der Waals surface area contributed by atoms with Crippen molar-refractivity contribution in [1.29, 1.82) is 0 Å². The average Bonchev–Trinajstić information content (AvgIpc) is 2.43. The smallest absolute Gasteiger partial charge is 0.0952 e. The predicted molar refractivity (Wildman–Crippen MR) is 76.2 cm³/mol. The molecule has 1 aliphatic heterocycles. The molecule has 18 heavy (non-hydrogen) atoms. The Morgan fingerprint density at radius 2 is 2.17 bits per heavy atom. The Hall–Kier alpha value is -0.570. The summed E-state index contributed by atoms with van der Waals surface area (Å²) in [6.07, 6.45) is 1.21. The largest absolute Gasteiger partial charge is 0.372 e. The summed E-state index contributed by atoms with van der Waals surface area (Å²) in [6, 6.07) is 8.99. The van der Waals surface area contributed by atoms with Gasteiger partial charge < -0.3 is 10.1 Å². The highest BCUT2D eigenvalue weighted by Crippen LogP contribution is 2.26. The molecule has 0 spiro atoms. The Labute approximate surface area is 115 Å². The third-order valence-electron chi connectivity index (χ3n) is 3.81. The third-order valence-corrected chi connectivity index (χ3v) is 4.30. The molecule has 0 saturated carbocycles. The van der Waals surface area contributed by atoms with Crippen LogP contribution in [-0.2, 0) is 11.2 Å². The lowest BCUT2D eigenvalue weighted by atomic mass is 9.97. The van der Waals surface area contributed by atoms with Gasteiger partial charge in [0.2, 0.25) is 0 Å². The number of fused-ring (bicyclic) bond motifs is 1. The summed E-state index contributed by atoms with van der Waals surface area (Å²) in [6.45, 7) is 6.03. The van der Waals surface area contributed by atoms with Crippen molar-refractivity contribution in [3.05, 3.63) is 35.4 Å². The molecular weight excluding hydrogens is 246 g/mol. The number of hydrogen-bond acceptors (Lipinski definition) is 2. The van der Waals surface area contributed by atoms with Crippen LogP contribution in [-0.4, -0.2) is 25.1 Å². The Balaban J connectivity index is 1.95. The Morgan fingerprint density at radius 1 is 1.39 bits per heavy atom. The standard InChI is InChI=1S/C15H22ClNO/c1-11(9-16)12(2)17-10-15-14-6-4-3-5-13(14)7-8-18-15/h3-6,11-12,15,17H,7-10H2,1-2H3. The number of benzene rings is 1. The molecule has 3 unspecified atom stereocenters. The molecule has 0 radical (unpaired) electrons. The molecule has 2 nitrogen and oxygen atoms in total. The van der Waals surface area contributed by atoms with Crippen LogP contribution in [0, 0.1) is 5.92 Å². The van der Waals surface area contributed by atoms with Crippen molar-refractivity contribution in [2.75, 3.05) is 19.0 Å². The highest BCUT2D eigenvalue weighted by molar-refractivity contribution is 6.18. The molecular formula is C15H22ClNO. The Kier molecular flexibility index (Phi) is 5.04. The van der Waals surface area contributed by atoms with Crippen molar-refractivity contribution in [2.45, 2.75) is 32.4 Å². The summed E-state index contributed by atoms with van der Waals surface area (Å²) in [7, 11) is 0. The molecule has 0 amide bonds. The molecule has 1 aliphatic rings. The molecule has 1 aromatic rings. The molecule has 1 aromatic carbocycles. The summed E-state index contributed by atoms with van der Waals surface area (Å²) in [5, 5.41) is 3.53. The van der Waals surface area contributed by atoms with Gasteiger partial charge >= 0.3 is 0 Å². The summed E-state index contributed by atoms with van der Waals surface area (Å²) in [5.74, 6) is 1.17. The summed E-state index contributed by atoms with van der Waals surface area (Å²) in [4.78, 5) is 0. The van der Waals surface area contributed by atoms with E-state index in [1.54, 1.807) is 0 Å². The van der Waals surface area contributed by atoms with Crippen molar-refractivity contribution in [1.82, 2.24) is 5.32 Å². The second kappa shape index (κ2) is 6.55. The van der Waals surface area contributed by atoms with Crippen molar-refractivity contribution in [3.8, 4) is 0 Å². The monoisotopic (exact) mass is 267 g/mol. The maximum absolute atomic E-state index is 5.88. The van der Waals surface area contributed by atoms with E-state index in [1.807, 2.05) is 0 Å². The van der Waals surface area contributed by atoms with Crippen LogP contribution in [0.5, 0.6) is 0 Å². The van der Waals surface area contributed by atoms with Crippen molar-refractivity contribution in [3.63, 3.8) is 0 Å². The molecule has 3 atom stereocenters. The SMILES string of the molecule is CC(CCl)C(C)NCC1OCCc2ccccc21. The molecule has 1 N–H and O–H groups in total. The van der Waals surface area contributed by atoms with Crippen LogP contribution >= 0.6 is 11.6 Å². The predicted octanol–water partition coefficient (Wildman–Crippen LogP) is 3.15.